The van der Waals surface area contributed by atoms with Crippen molar-refractivity contribution in [3.8, 4) is 0 Å². The van der Waals surface area contributed by atoms with E-state index in [1.807, 2.05) is 18.2 Å². The quantitative estimate of drug-likeness (QED) is 0.676. The number of carbonyl (C=O) groups excluding carboxylic acids is 1. The summed E-state index contributed by atoms with van der Waals surface area (Å²) in [5, 5.41) is 5.58. The smallest absolute Gasteiger partial charge is 0.224 e. The van der Waals surface area contributed by atoms with E-state index in [1.54, 1.807) is 0 Å². The molecule has 1 amide bonds. The fourth-order valence-corrected chi connectivity index (χ4v) is 4.54. The number of nitrogens with one attached hydrogen (secondary N) is 1. The number of hydrogen-bond acceptors (Lipinski definition) is 2. The maximum atomic E-state index is 12.8. The molecule has 0 spiro atoms. The predicted molar refractivity (Wildman–Crippen MR) is 119 cm³/mol. The second-order valence-corrected chi connectivity index (χ2v) is 8.13. The van der Waals surface area contributed by atoms with E-state index in [0.717, 1.165) is 24.0 Å². The SMILES string of the molecule is Cn1cccc1C(CNC(=O)Cc1cccc2ccccc12)N1CCCCCC1. The zero-order valence-electron chi connectivity index (χ0n) is 17.3. The van der Waals surface area contributed by atoms with Gasteiger partial charge in [0.25, 0.3) is 0 Å². The van der Waals surface area contributed by atoms with Crippen molar-refractivity contribution in [3.05, 3.63) is 72.1 Å². The molecule has 1 unspecified atom stereocenters. The van der Waals surface area contributed by atoms with E-state index in [4.69, 9.17) is 0 Å². The molecule has 4 nitrogen and oxygen atoms in total. The van der Waals surface area contributed by atoms with Crippen molar-refractivity contribution >= 4 is 16.7 Å². The highest BCUT2D eigenvalue weighted by atomic mass is 16.1. The topological polar surface area (TPSA) is 37.3 Å². The molecule has 152 valence electrons. The van der Waals surface area contributed by atoms with Crippen LogP contribution < -0.4 is 5.32 Å². The summed E-state index contributed by atoms with van der Waals surface area (Å²) in [5.41, 5.74) is 2.36. The molecule has 1 fully saturated rings. The van der Waals surface area contributed by atoms with Gasteiger partial charge in [0.15, 0.2) is 0 Å². The van der Waals surface area contributed by atoms with Crippen LogP contribution in [-0.4, -0.2) is 35.0 Å². The van der Waals surface area contributed by atoms with Crippen LogP contribution in [0.15, 0.2) is 60.8 Å². The van der Waals surface area contributed by atoms with Crippen LogP contribution in [0.2, 0.25) is 0 Å². The summed E-state index contributed by atoms with van der Waals surface area (Å²) >= 11 is 0. The summed E-state index contributed by atoms with van der Waals surface area (Å²) < 4.78 is 2.19. The average molecular weight is 390 g/mol. The number of amides is 1. The lowest BCUT2D eigenvalue weighted by molar-refractivity contribution is -0.120. The van der Waals surface area contributed by atoms with Gasteiger partial charge >= 0.3 is 0 Å². The molecule has 4 heteroatoms. The highest BCUT2D eigenvalue weighted by Gasteiger charge is 2.24. The second kappa shape index (κ2) is 9.27. The van der Waals surface area contributed by atoms with Gasteiger partial charge in [0.2, 0.25) is 5.91 Å². The highest BCUT2D eigenvalue weighted by Crippen LogP contribution is 2.24. The van der Waals surface area contributed by atoms with Crippen molar-refractivity contribution in [2.45, 2.75) is 38.1 Å². The number of benzene rings is 2. The Morgan fingerprint density at radius 2 is 1.72 bits per heavy atom. The largest absolute Gasteiger partial charge is 0.354 e. The van der Waals surface area contributed by atoms with Crippen LogP contribution in [0, 0.1) is 0 Å². The minimum absolute atomic E-state index is 0.0929. The Hall–Kier alpha value is -2.59. The molecule has 0 saturated carbocycles. The molecule has 4 rings (SSSR count). The van der Waals surface area contributed by atoms with Crippen molar-refractivity contribution in [1.29, 1.82) is 0 Å². The Balaban J connectivity index is 1.46. The van der Waals surface area contributed by atoms with Gasteiger partial charge in [0.05, 0.1) is 12.5 Å². The molecule has 1 atom stereocenters. The number of aryl methyl sites for hydroxylation is 1. The van der Waals surface area contributed by atoms with Gasteiger partial charge in [-0.3, -0.25) is 9.69 Å². The third-order valence-corrected chi connectivity index (χ3v) is 6.13. The Labute approximate surface area is 173 Å². The van der Waals surface area contributed by atoms with Crippen molar-refractivity contribution < 1.29 is 4.79 Å². The van der Waals surface area contributed by atoms with Crippen LogP contribution in [0.1, 0.15) is 43.0 Å². The third kappa shape index (κ3) is 4.70. The number of rotatable bonds is 6. The predicted octanol–water partition coefficient (Wildman–Crippen LogP) is 4.45. The van der Waals surface area contributed by atoms with Crippen molar-refractivity contribution in [2.75, 3.05) is 19.6 Å². The highest BCUT2D eigenvalue weighted by molar-refractivity contribution is 5.90. The van der Waals surface area contributed by atoms with Crippen molar-refractivity contribution in [3.63, 3.8) is 0 Å². The first-order valence-electron chi connectivity index (χ1n) is 10.8. The summed E-state index contributed by atoms with van der Waals surface area (Å²) in [4.78, 5) is 15.4. The number of likely N-dealkylation sites (tertiary alicyclic amines) is 1. The second-order valence-electron chi connectivity index (χ2n) is 8.13. The van der Waals surface area contributed by atoms with E-state index < -0.39 is 0 Å². The van der Waals surface area contributed by atoms with E-state index in [0.29, 0.717) is 13.0 Å². The molecule has 1 N–H and O–H groups in total. The summed E-state index contributed by atoms with van der Waals surface area (Å²) in [6.07, 6.45) is 7.61. The Morgan fingerprint density at radius 3 is 2.48 bits per heavy atom. The fourth-order valence-electron chi connectivity index (χ4n) is 4.54. The lowest BCUT2D eigenvalue weighted by atomic mass is 10.0. The first kappa shape index (κ1) is 19.7. The van der Waals surface area contributed by atoms with E-state index in [9.17, 15) is 4.79 Å². The van der Waals surface area contributed by atoms with Crippen LogP contribution in [0.3, 0.4) is 0 Å². The van der Waals surface area contributed by atoms with E-state index in [2.05, 4.69) is 64.4 Å². The van der Waals surface area contributed by atoms with E-state index in [1.165, 1.54) is 36.8 Å². The van der Waals surface area contributed by atoms with Gasteiger partial charge in [-0.15, -0.1) is 0 Å². The summed E-state index contributed by atoms with van der Waals surface area (Å²) in [6, 6.07) is 19.0. The van der Waals surface area contributed by atoms with Crippen LogP contribution in [-0.2, 0) is 18.3 Å². The maximum absolute atomic E-state index is 12.8. The molecule has 1 aliphatic rings. The van der Waals surface area contributed by atoms with Gasteiger partial charge in [-0.25, -0.2) is 0 Å². The van der Waals surface area contributed by atoms with Gasteiger partial charge in [-0.2, -0.15) is 0 Å². The number of aromatic nitrogens is 1. The maximum Gasteiger partial charge on any atom is 0.224 e. The molecule has 0 radical (unpaired) electrons. The van der Waals surface area contributed by atoms with Crippen LogP contribution in [0.4, 0.5) is 0 Å². The monoisotopic (exact) mass is 389 g/mol. The Bertz CT molecular complexity index is 948. The molecule has 1 aliphatic heterocycles. The number of hydrogen-bond donors (Lipinski definition) is 1. The normalized spacial score (nSPS) is 16.4. The third-order valence-electron chi connectivity index (χ3n) is 6.13. The minimum Gasteiger partial charge on any atom is -0.354 e. The van der Waals surface area contributed by atoms with Crippen LogP contribution >= 0.6 is 0 Å². The lowest BCUT2D eigenvalue weighted by Crippen LogP contribution is -2.39. The number of carbonyl (C=O) groups is 1. The standard InChI is InChI=1S/C25H31N3O/c1-27-15-9-14-23(27)24(28-16-6-2-3-7-17-28)19-26-25(29)18-21-12-8-11-20-10-4-5-13-22(20)21/h4-5,8-15,24H,2-3,6-7,16-19H2,1H3,(H,26,29). The molecular weight excluding hydrogens is 358 g/mol. The summed E-state index contributed by atoms with van der Waals surface area (Å²) in [7, 11) is 2.10. The van der Waals surface area contributed by atoms with Crippen molar-refractivity contribution in [2.24, 2.45) is 7.05 Å². The fraction of sp³-hybridized carbons (Fsp3) is 0.400. The molecule has 1 saturated heterocycles. The minimum atomic E-state index is 0.0929. The van der Waals surface area contributed by atoms with Gasteiger partial charge in [-0.05, 0) is 54.4 Å². The lowest BCUT2D eigenvalue weighted by Gasteiger charge is -2.31. The van der Waals surface area contributed by atoms with Crippen molar-refractivity contribution in [1.82, 2.24) is 14.8 Å². The molecule has 3 aromatic rings. The van der Waals surface area contributed by atoms with Gasteiger partial charge in [0.1, 0.15) is 0 Å². The number of nitrogens with zero attached hydrogens (tertiary/aromatic N) is 2. The molecule has 2 heterocycles. The summed E-state index contributed by atoms with van der Waals surface area (Å²) in [5.74, 6) is 0.0929. The molecule has 2 aromatic carbocycles. The number of fused-ring (bicyclic) bond motifs is 1. The average Bonchev–Trinajstić information content (AvgIpc) is 2.99. The molecule has 0 aliphatic carbocycles. The molecule has 0 bridgehead atoms. The first-order chi connectivity index (χ1) is 14.2. The zero-order valence-corrected chi connectivity index (χ0v) is 17.3. The molecule has 29 heavy (non-hydrogen) atoms. The van der Waals surface area contributed by atoms with Crippen LogP contribution in [0.25, 0.3) is 10.8 Å². The van der Waals surface area contributed by atoms with Crippen LogP contribution in [0.5, 0.6) is 0 Å². The summed E-state index contributed by atoms with van der Waals surface area (Å²) in [6.45, 7) is 2.87. The van der Waals surface area contributed by atoms with Gasteiger partial charge in [0, 0.05) is 25.5 Å². The van der Waals surface area contributed by atoms with Gasteiger partial charge in [-0.1, -0.05) is 55.3 Å². The first-order valence-corrected chi connectivity index (χ1v) is 10.8. The Morgan fingerprint density at radius 1 is 0.966 bits per heavy atom. The van der Waals surface area contributed by atoms with Gasteiger partial charge < -0.3 is 9.88 Å². The molecular formula is C25H31N3O. The Kier molecular flexibility index (Phi) is 6.30. The zero-order chi connectivity index (χ0) is 20.1. The van der Waals surface area contributed by atoms with E-state index in [-0.39, 0.29) is 11.9 Å². The molecule has 1 aromatic heterocycles. The van der Waals surface area contributed by atoms with E-state index >= 15 is 0 Å².